The summed E-state index contributed by atoms with van der Waals surface area (Å²) in [4.78, 5) is 28.7. The van der Waals surface area contributed by atoms with Crippen molar-refractivity contribution in [2.45, 2.75) is 45.2 Å². The minimum absolute atomic E-state index is 0.0737. The maximum absolute atomic E-state index is 14.1. The number of carbonyl (C=O) groups excluding carboxylic acids is 2. The first-order valence-corrected chi connectivity index (χ1v) is 10.8. The standard InChI is InChI=1S/C24H29FN4O2/c1-15-9-10-21(25)20-13-22(27-23(15)20)24(31)26-17-6-4-7-18(12-17)29-11-5-8-19(14-29)28(3)16(2)30/h4,6-7,9-10,12,19,22,27H,5,8,11,13-14H2,1-3H3,(H,26,31). The predicted octanol–water partition coefficient (Wildman–Crippen LogP) is 3.56. The van der Waals surface area contributed by atoms with E-state index in [1.807, 2.05) is 43.1 Å². The van der Waals surface area contributed by atoms with Crippen molar-refractivity contribution in [2.75, 3.05) is 35.7 Å². The van der Waals surface area contributed by atoms with Gasteiger partial charge in [0.05, 0.1) is 0 Å². The number of hydrogen-bond acceptors (Lipinski definition) is 4. The molecule has 164 valence electrons. The van der Waals surface area contributed by atoms with Crippen LogP contribution in [-0.4, -0.2) is 48.9 Å². The van der Waals surface area contributed by atoms with Gasteiger partial charge in [-0.25, -0.2) is 4.39 Å². The highest BCUT2D eigenvalue weighted by atomic mass is 19.1. The smallest absolute Gasteiger partial charge is 0.247 e. The summed E-state index contributed by atoms with van der Waals surface area (Å²) in [6.07, 6.45) is 2.33. The Morgan fingerprint density at radius 1 is 1.26 bits per heavy atom. The Morgan fingerprint density at radius 3 is 2.81 bits per heavy atom. The maximum Gasteiger partial charge on any atom is 0.247 e. The molecule has 2 aromatic carbocycles. The summed E-state index contributed by atoms with van der Waals surface area (Å²) in [6.45, 7) is 5.19. The lowest BCUT2D eigenvalue weighted by Gasteiger charge is -2.38. The second kappa shape index (κ2) is 8.57. The highest BCUT2D eigenvalue weighted by molar-refractivity contribution is 5.98. The minimum atomic E-state index is -0.502. The Hall–Kier alpha value is -3.09. The zero-order valence-corrected chi connectivity index (χ0v) is 18.2. The van der Waals surface area contributed by atoms with Crippen molar-refractivity contribution < 1.29 is 14.0 Å². The molecule has 7 heteroatoms. The number of piperidine rings is 1. The molecule has 2 amide bonds. The van der Waals surface area contributed by atoms with E-state index < -0.39 is 6.04 Å². The second-order valence-corrected chi connectivity index (χ2v) is 8.53. The summed E-state index contributed by atoms with van der Waals surface area (Å²) in [6, 6.07) is 10.6. The van der Waals surface area contributed by atoms with Crippen LogP contribution in [0, 0.1) is 12.7 Å². The third kappa shape index (κ3) is 4.36. The number of benzene rings is 2. The van der Waals surface area contributed by atoms with Gasteiger partial charge in [0.2, 0.25) is 11.8 Å². The number of carbonyl (C=O) groups is 2. The van der Waals surface area contributed by atoms with Gasteiger partial charge in [-0.15, -0.1) is 0 Å². The van der Waals surface area contributed by atoms with Gasteiger partial charge in [0.15, 0.2) is 0 Å². The first-order chi connectivity index (χ1) is 14.8. The lowest BCUT2D eigenvalue weighted by molar-refractivity contribution is -0.129. The van der Waals surface area contributed by atoms with E-state index >= 15 is 0 Å². The second-order valence-electron chi connectivity index (χ2n) is 8.53. The van der Waals surface area contributed by atoms with Gasteiger partial charge in [0.25, 0.3) is 0 Å². The number of aryl methyl sites for hydroxylation is 1. The third-order valence-electron chi connectivity index (χ3n) is 6.43. The van der Waals surface area contributed by atoms with Crippen LogP contribution in [0.3, 0.4) is 0 Å². The molecular formula is C24H29FN4O2. The average Bonchev–Trinajstić information content (AvgIpc) is 3.23. The first-order valence-electron chi connectivity index (χ1n) is 10.8. The van der Waals surface area contributed by atoms with E-state index in [0.717, 1.165) is 42.9 Å². The molecule has 2 unspecified atom stereocenters. The van der Waals surface area contributed by atoms with Crippen molar-refractivity contribution in [3.8, 4) is 0 Å². The van der Waals surface area contributed by atoms with Crippen LogP contribution in [-0.2, 0) is 16.0 Å². The van der Waals surface area contributed by atoms with Crippen LogP contribution in [0.1, 0.15) is 30.9 Å². The molecule has 2 atom stereocenters. The Morgan fingerprint density at radius 2 is 2.06 bits per heavy atom. The van der Waals surface area contributed by atoms with E-state index in [4.69, 9.17) is 0 Å². The molecule has 31 heavy (non-hydrogen) atoms. The number of fused-ring (bicyclic) bond motifs is 1. The fraction of sp³-hybridized carbons (Fsp3) is 0.417. The third-order valence-corrected chi connectivity index (χ3v) is 6.43. The van der Waals surface area contributed by atoms with E-state index in [0.29, 0.717) is 17.7 Å². The highest BCUT2D eigenvalue weighted by Gasteiger charge is 2.30. The number of halogens is 1. The van der Waals surface area contributed by atoms with E-state index in [2.05, 4.69) is 15.5 Å². The summed E-state index contributed by atoms with van der Waals surface area (Å²) in [5, 5.41) is 6.14. The van der Waals surface area contributed by atoms with Gasteiger partial charge in [-0.1, -0.05) is 12.1 Å². The molecule has 1 fully saturated rings. The molecule has 2 aromatic rings. The number of hydrogen-bond donors (Lipinski definition) is 2. The Balaban J connectivity index is 1.43. The van der Waals surface area contributed by atoms with Crippen LogP contribution in [0.15, 0.2) is 36.4 Å². The van der Waals surface area contributed by atoms with Crippen molar-refractivity contribution in [3.05, 3.63) is 53.3 Å². The molecule has 2 N–H and O–H groups in total. The molecule has 0 aromatic heterocycles. The fourth-order valence-corrected chi connectivity index (χ4v) is 4.50. The zero-order valence-electron chi connectivity index (χ0n) is 18.2. The molecule has 1 saturated heterocycles. The van der Waals surface area contributed by atoms with E-state index in [1.54, 1.807) is 13.0 Å². The Bertz CT molecular complexity index is 978. The summed E-state index contributed by atoms with van der Waals surface area (Å²) in [5.41, 5.74) is 3.96. The molecule has 2 aliphatic heterocycles. The van der Waals surface area contributed by atoms with Crippen LogP contribution >= 0.6 is 0 Å². The molecule has 0 aliphatic carbocycles. The van der Waals surface area contributed by atoms with Crippen LogP contribution in [0.5, 0.6) is 0 Å². The number of likely N-dealkylation sites (N-methyl/N-ethyl adjacent to an activating group) is 1. The number of amides is 2. The van der Waals surface area contributed by atoms with Crippen LogP contribution in [0.4, 0.5) is 21.5 Å². The van der Waals surface area contributed by atoms with Crippen LogP contribution in [0.25, 0.3) is 0 Å². The lowest BCUT2D eigenvalue weighted by atomic mass is 10.0. The molecule has 0 bridgehead atoms. The number of anilines is 3. The van der Waals surface area contributed by atoms with Crippen molar-refractivity contribution in [3.63, 3.8) is 0 Å². The molecule has 0 saturated carbocycles. The molecule has 4 rings (SSSR count). The van der Waals surface area contributed by atoms with Gasteiger partial charge in [-0.2, -0.15) is 0 Å². The van der Waals surface area contributed by atoms with Gasteiger partial charge < -0.3 is 20.4 Å². The lowest BCUT2D eigenvalue weighted by Crippen LogP contribution is -2.48. The quantitative estimate of drug-likeness (QED) is 0.788. The first kappa shape index (κ1) is 21.2. The van der Waals surface area contributed by atoms with Crippen molar-refractivity contribution >= 4 is 28.9 Å². The van der Waals surface area contributed by atoms with Crippen molar-refractivity contribution in [1.29, 1.82) is 0 Å². The SMILES string of the molecule is CC(=O)N(C)C1CCCN(c2cccc(NC(=O)C3Cc4c(F)ccc(C)c4N3)c2)C1. The molecular weight excluding hydrogens is 395 g/mol. The molecule has 2 aliphatic rings. The summed E-state index contributed by atoms with van der Waals surface area (Å²) in [7, 11) is 1.85. The Labute approximate surface area is 182 Å². The van der Waals surface area contributed by atoms with E-state index in [-0.39, 0.29) is 23.7 Å². The molecule has 0 radical (unpaired) electrons. The fourth-order valence-electron chi connectivity index (χ4n) is 4.50. The number of rotatable bonds is 4. The maximum atomic E-state index is 14.1. The Kier molecular flexibility index (Phi) is 5.85. The number of nitrogens with one attached hydrogen (secondary N) is 2. The summed E-state index contributed by atoms with van der Waals surface area (Å²) in [5.74, 6) is -0.384. The normalized spacial score (nSPS) is 20.1. The van der Waals surface area contributed by atoms with Gasteiger partial charge in [-0.05, 0) is 49.6 Å². The topological polar surface area (TPSA) is 64.7 Å². The molecule has 0 spiro atoms. The van der Waals surface area contributed by atoms with Gasteiger partial charge >= 0.3 is 0 Å². The average molecular weight is 425 g/mol. The number of nitrogens with zero attached hydrogens (tertiary/aromatic N) is 2. The largest absolute Gasteiger partial charge is 0.373 e. The van der Waals surface area contributed by atoms with Gasteiger partial charge in [-0.3, -0.25) is 9.59 Å². The zero-order chi connectivity index (χ0) is 22.1. The van der Waals surface area contributed by atoms with Crippen LogP contribution in [0.2, 0.25) is 0 Å². The molecule has 2 heterocycles. The van der Waals surface area contributed by atoms with Crippen molar-refractivity contribution in [1.82, 2.24) is 4.90 Å². The summed E-state index contributed by atoms with van der Waals surface area (Å²) >= 11 is 0. The van der Waals surface area contributed by atoms with E-state index in [9.17, 15) is 14.0 Å². The highest BCUT2D eigenvalue weighted by Crippen LogP contribution is 2.32. The van der Waals surface area contributed by atoms with Crippen LogP contribution < -0.4 is 15.5 Å². The minimum Gasteiger partial charge on any atom is -0.373 e. The van der Waals surface area contributed by atoms with Crippen molar-refractivity contribution in [2.24, 2.45) is 0 Å². The summed E-state index contributed by atoms with van der Waals surface area (Å²) < 4.78 is 14.1. The van der Waals surface area contributed by atoms with E-state index in [1.165, 1.54) is 6.07 Å². The van der Waals surface area contributed by atoms with Gasteiger partial charge in [0, 0.05) is 62.1 Å². The molecule has 6 nitrogen and oxygen atoms in total. The van der Waals surface area contributed by atoms with Gasteiger partial charge in [0.1, 0.15) is 11.9 Å². The monoisotopic (exact) mass is 424 g/mol. The predicted molar refractivity (Wildman–Crippen MR) is 121 cm³/mol.